The molecule has 2 heteroatoms. The maximum atomic E-state index is 11.7. The third kappa shape index (κ3) is 0.481. The van der Waals surface area contributed by atoms with Gasteiger partial charge in [-0.3, -0.25) is 4.79 Å². The summed E-state index contributed by atoms with van der Waals surface area (Å²) in [5.74, 6) is 1.28. The molecule has 1 aliphatic heterocycles. The number of ether oxygens (including phenoxy) is 1. The maximum Gasteiger partial charge on any atom is 0.168 e. The molecule has 12 heavy (non-hydrogen) atoms. The fourth-order valence-corrected chi connectivity index (χ4v) is 3.39. The Bertz CT molecular complexity index is 277. The first-order chi connectivity index (χ1) is 5.48. The molecule has 0 N–H and O–H groups in total. The molecule has 66 valence electrons. The Balaban J connectivity index is 2.06. The van der Waals surface area contributed by atoms with E-state index in [1.807, 2.05) is 0 Å². The molecule has 2 bridgehead atoms. The van der Waals surface area contributed by atoms with E-state index in [2.05, 4.69) is 20.8 Å². The topological polar surface area (TPSA) is 29.6 Å². The van der Waals surface area contributed by atoms with Crippen molar-refractivity contribution in [1.82, 2.24) is 0 Å². The van der Waals surface area contributed by atoms with Gasteiger partial charge >= 0.3 is 0 Å². The minimum atomic E-state index is -0.0741. The summed E-state index contributed by atoms with van der Waals surface area (Å²) in [7, 11) is 0. The predicted molar refractivity (Wildman–Crippen MR) is 43.7 cm³/mol. The molecule has 4 aliphatic rings. The molecule has 0 spiro atoms. The predicted octanol–water partition coefficient (Wildman–Crippen LogP) is 1.39. The average Bonchev–Trinajstić information content (AvgIpc) is 2.61. The van der Waals surface area contributed by atoms with Crippen LogP contribution in [0.25, 0.3) is 0 Å². The standard InChI is InChI=1S/C10H14O2/c1-9(2)5-4-6(9)10(3)8(12-10)7(5)11/h5-6,8H,4H2,1-3H3/t5-,6-,8+,10-/m0/s1. The average molecular weight is 166 g/mol. The molecule has 4 fully saturated rings. The summed E-state index contributed by atoms with van der Waals surface area (Å²) in [6.07, 6.45) is 1.04. The summed E-state index contributed by atoms with van der Waals surface area (Å²) in [6.45, 7) is 6.50. The number of Topliss-reactive ketones (excluding diaryl/α,β-unsaturated/α-hetero) is 1. The number of rotatable bonds is 0. The summed E-state index contributed by atoms with van der Waals surface area (Å²) in [6, 6.07) is 0. The van der Waals surface area contributed by atoms with Gasteiger partial charge in [-0.1, -0.05) is 13.8 Å². The second kappa shape index (κ2) is 1.50. The highest BCUT2D eigenvalue weighted by Crippen LogP contribution is 2.68. The second-order valence-corrected chi connectivity index (χ2v) is 5.25. The summed E-state index contributed by atoms with van der Waals surface area (Å²) in [5, 5.41) is 0. The van der Waals surface area contributed by atoms with Crippen molar-refractivity contribution in [2.24, 2.45) is 17.3 Å². The molecule has 1 heterocycles. The molecule has 3 saturated carbocycles. The van der Waals surface area contributed by atoms with Gasteiger partial charge in [0.25, 0.3) is 0 Å². The summed E-state index contributed by atoms with van der Waals surface area (Å²) < 4.78 is 5.52. The number of epoxide rings is 1. The highest BCUT2D eigenvalue weighted by atomic mass is 16.6. The number of hydrogen-bond donors (Lipinski definition) is 0. The van der Waals surface area contributed by atoms with Crippen molar-refractivity contribution in [2.45, 2.75) is 38.9 Å². The van der Waals surface area contributed by atoms with Gasteiger partial charge in [0.15, 0.2) is 5.78 Å². The molecule has 1 saturated heterocycles. The quantitative estimate of drug-likeness (QED) is 0.509. The SMILES string of the molecule is CC1(C)[C@H]2C[C@@H]1[C@]1(C)O[C@@H]1C2=O. The van der Waals surface area contributed by atoms with E-state index in [9.17, 15) is 4.79 Å². The number of hydrogen-bond acceptors (Lipinski definition) is 2. The maximum absolute atomic E-state index is 11.7. The van der Waals surface area contributed by atoms with Crippen molar-refractivity contribution in [3.63, 3.8) is 0 Å². The Morgan fingerprint density at radius 2 is 2.08 bits per heavy atom. The summed E-state index contributed by atoms with van der Waals surface area (Å²) >= 11 is 0. The molecule has 0 aromatic carbocycles. The molecule has 0 aromatic rings. The van der Waals surface area contributed by atoms with E-state index < -0.39 is 0 Å². The smallest absolute Gasteiger partial charge is 0.168 e. The molecule has 4 rings (SSSR count). The zero-order valence-corrected chi connectivity index (χ0v) is 7.76. The summed E-state index contributed by atoms with van der Waals surface area (Å²) in [5.41, 5.74) is 0.133. The third-order valence-corrected chi connectivity index (χ3v) is 4.40. The van der Waals surface area contributed by atoms with Gasteiger partial charge in [-0.15, -0.1) is 0 Å². The van der Waals surface area contributed by atoms with Crippen LogP contribution in [0.5, 0.6) is 0 Å². The van der Waals surface area contributed by atoms with E-state index in [-0.39, 0.29) is 17.1 Å². The van der Waals surface area contributed by atoms with Crippen molar-refractivity contribution in [3.05, 3.63) is 0 Å². The first-order valence-corrected chi connectivity index (χ1v) is 4.69. The van der Waals surface area contributed by atoms with Gasteiger partial charge < -0.3 is 4.74 Å². The first kappa shape index (κ1) is 7.07. The van der Waals surface area contributed by atoms with Gasteiger partial charge in [0.2, 0.25) is 0 Å². The highest BCUT2D eigenvalue weighted by Gasteiger charge is 2.76. The molecule has 3 aliphatic carbocycles. The monoisotopic (exact) mass is 166 g/mol. The fourth-order valence-electron chi connectivity index (χ4n) is 3.39. The van der Waals surface area contributed by atoms with E-state index in [0.717, 1.165) is 6.42 Å². The third-order valence-electron chi connectivity index (χ3n) is 4.40. The first-order valence-electron chi connectivity index (χ1n) is 4.69. The van der Waals surface area contributed by atoms with E-state index in [4.69, 9.17) is 4.74 Å². The lowest BCUT2D eigenvalue weighted by Gasteiger charge is -2.56. The molecule has 0 radical (unpaired) electrons. The van der Waals surface area contributed by atoms with Crippen LogP contribution in [0, 0.1) is 17.3 Å². The van der Waals surface area contributed by atoms with Crippen LogP contribution in [-0.4, -0.2) is 17.5 Å². The van der Waals surface area contributed by atoms with Gasteiger partial charge in [0.1, 0.15) is 11.7 Å². The van der Waals surface area contributed by atoms with Crippen LogP contribution < -0.4 is 0 Å². The Kier molecular flexibility index (Phi) is 0.885. The Hall–Kier alpha value is -0.370. The highest BCUT2D eigenvalue weighted by molar-refractivity contribution is 5.93. The molecule has 0 amide bonds. The van der Waals surface area contributed by atoms with Gasteiger partial charge in [-0.05, 0) is 24.7 Å². The van der Waals surface area contributed by atoms with Gasteiger partial charge in [-0.2, -0.15) is 0 Å². The normalized spacial score (nSPS) is 58.9. The van der Waals surface area contributed by atoms with E-state index in [1.54, 1.807) is 0 Å². The van der Waals surface area contributed by atoms with Crippen LogP contribution in [0.1, 0.15) is 27.2 Å². The Morgan fingerprint density at radius 1 is 1.42 bits per heavy atom. The van der Waals surface area contributed by atoms with Crippen LogP contribution in [0.3, 0.4) is 0 Å². The molecule has 0 unspecified atom stereocenters. The Labute approximate surface area is 72.3 Å². The van der Waals surface area contributed by atoms with E-state index >= 15 is 0 Å². The van der Waals surface area contributed by atoms with Crippen molar-refractivity contribution in [3.8, 4) is 0 Å². The van der Waals surface area contributed by atoms with Crippen LogP contribution >= 0.6 is 0 Å². The van der Waals surface area contributed by atoms with Crippen molar-refractivity contribution in [2.75, 3.05) is 0 Å². The second-order valence-electron chi connectivity index (χ2n) is 5.25. The van der Waals surface area contributed by atoms with Crippen LogP contribution in [0.4, 0.5) is 0 Å². The van der Waals surface area contributed by atoms with Gasteiger partial charge in [0, 0.05) is 5.92 Å². The van der Waals surface area contributed by atoms with Crippen molar-refractivity contribution in [1.29, 1.82) is 0 Å². The zero-order valence-electron chi connectivity index (χ0n) is 7.76. The minimum Gasteiger partial charge on any atom is -0.358 e. The van der Waals surface area contributed by atoms with Crippen molar-refractivity contribution >= 4 is 5.78 Å². The molecule has 4 atom stereocenters. The molecule has 0 aromatic heterocycles. The fraction of sp³-hybridized carbons (Fsp3) is 0.900. The van der Waals surface area contributed by atoms with E-state index in [0.29, 0.717) is 17.6 Å². The van der Waals surface area contributed by atoms with Crippen LogP contribution in [-0.2, 0) is 9.53 Å². The minimum absolute atomic E-state index is 0.0331. The van der Waals surface area contributed by atoms with Crippen LogP contribution in [0.2, 0.25) is 0 Å². The lowest BCUT2D eigenvalue weighted by atomic mass is 9.45. The molecule has 2 nitrogen and oxygen atoms in total. The number of ketones is 1. The Morgan fingerprint density at radius 3 is 2.58 bits per heavy atom. The van der Waals surface area contributed by atoms with Crippen molar-refractivity contribution < 1.29 is 9.53 Å². The van der Waals surface area contributed by atoms with Gasteiger partial charge in [-0.25, -0.2) is 0 Å². The van der Waals surface area contributed by atoms with Crippen LogP contribution in [0.15, 0.2) is 0 Å². The summed E-state index contributed by atoms with van der Waals surface area (Å²) in [4.78, 5) is 11.7. The van der Waals surface area contributed by atoms with Gasteiger partial charge in [0.05, 0.1) is 0 Å². The molecular weight excluding hydrogens is 152 g/mol. The lowest BCUT2D eigenvalue weighted by molar-refractivity contribution is -0.147. The molecular formula is C10H14O2. The largest absolute Gasteiger partial charge is 0.358 e. The number of carbonyl (C=O) groups is 1. The lowest BCUT2D eigenvalue weighted by Crippen LogP contribution is -2.60. The zero-order chi connectivity index (χ0) is 8.72. The number of carbonyl (C=O) groups excluding carboxylic acids is 1. The van der Waals surface area contributed by atoms with E-state index in [1.165, 1.54) is 0 Å².